The summed E-state index contributed by atoms with van der Waals surface area (Å²) in [6.07, 6.45) is 1.02. The second-order valence-electron chi connectivity index (χ2n) is 4.60. The smallest absolute Gasteiger partial charge is 0.303 e. The highest BCUT2D eigenvalue weighted by atomic mass is 16.4. The minimum Gasteiger partial charge on any atom is -0.481 e. The fourth-order valence-electron chi connectivity index (χ4n) is 0.404. The first kappa shape index (κ1) is 27.0. The molecule has 0 saturated heterocycles. The Morgan fingerprint density at radius 3 is 1.50 bits per heavy atom. The summed E-state index contributed by atoms with van der Waals surface area (Å²) in [7, 11) is 0. The van der Waals surface area contributed by atoms with E-state index in [2.05, 4.69) is 31.3 Å². The van der Waals surface area contributed by atoms with E-state index in [4.69, 9.17) is 5.11 Å². The van der Waals surface area contributed by atoms with Gasteiger partial charge in [0.15, 0.2) is 0 Å². The number of nitrogens with one attached hydrogen (secondary N) is 1. The number of rotatable bonds is 3. The number of hydrogen-bond acceptors (Lipinski definition) is 3. The van der Waals surface area contributed by atoms with Gasteiger partial charge < -0.3 is 5.11 Å². The second-order valence-corrected chi connectivity index (χ2v) is 4.60. The van der Waals surface area contributed by atoms with E-state index in [-0.39, 0.29) is 5.91 Å². The number of aliphatic carboxylic acids is 1. The van der Waals surface area contributed by atoms with Gasteiger partial charge in [-0.25, -0.2) is 5.43 Å². The van der Waals surface area contributed by atoms with Crippen LogP contribution in [0.1, 0.15) is 75.2 Å². The molecule has 5 nitrogen and oxygen atoms in total. The highest BCUT2D eigenvalue weighted by molar-refractivity contribution is 5.81. The van der Waals surface area contributed by atoms with Gasteiger partial charge in [0, 0.05) is 19.1 Å². The van der Waals surface area contributed by atoms with E-state index in [1.807, 2.05) is 34.6 Å². The Bertz CT molecular complexity index is 243. The minimum atomic E-state index is -0.711. The van der Waals surface area contributed by atoms with Gasteiger partial charge in [-0.15, -0.1) is 0 Å². The van der Waals surface area contributed by atoms with Gasteiger partial charge in [0.2, 0.25) is 5.91 Å². The molecule has 2 N–H and O–H groups in total. The lowest BCUT2D eigenvalue weighted by Crippen LogP contribution is -2.13. The summed E-state index contributed by atoms with van der Waals surface area (Å²) >= 11 is 0. The molecular formula is C15H34N2O3. The van der Waals surface area contributed by atoms with Gasteiger partial charge in [0.25, 0.3) is 0 Å². The molecule has 0 rings (SSSR count). The van der Waals surface area contributed by atoms with Crippen molar-refractivity contribution in [2.24, 2.45) is 11.0 Å². The van der Waals surface area contributed by atoms with Crippen LogP contribution in [0.3, 0.4) is 0 Å². The fraction of sp³-hybridized carbons (Fsp3) is 0.800. The standard InChI is InChI=1S/C5H10N2O.C4H8O2.C4H10.C2H6/c1-4(2)6-7-5(3)8;1-2-3-4(5)6;1-4(2)3;1-2/h1-3H3,(H,7,8);2-3H2,1H3,(H,5,6);4H,1-3H3;1-2H3. The molecule has 0 radical (unpaired) electrons. The second kappa shape index (κ2) is 22.8. The van der Waals surface area contributed by atoms with Crippen molar-refractivity contribution in [2.75, 3.05) is 0 Å². The predicted octanol–water partition coefficient (Wildman–Crippen LogP) is 4.08. The van der Waals surface area contributed by atoms with E-state index < -0.39 is 5.97 Å². The Hall–Kier alpha value is -1.39. The van der Waals surface area contributed by atoms with Crippen molar-refractivity contribution in [1.82, 2.24) is 5.43 Å². The van der Waals surface area contributed by atoms with E-state index in [9.17, 15) is 9.59 Å². The largest absolute Gasteiger partial charge is 0.481 e. The van der Waals surface area contributed by atoms with E-state index >= 15 is 0 Å². The highest BCUT2D eigenvalue weighted by Gasteiger charge is 1.87. The number of carboxylic acid groups (broad SMARTS) is 1. The number of amides is 1. The third-order valence-corrected chi connectivity index (χ3v) is 0.901. The average Bonchev–Trinajstić information content (AvgIpc) is 2.29. The summed E-state index contributed by atoms with van der Waals surface area (Å²) in [5, 5.41) is 11.6. The van der Waals surface area contributed by atoms with Crippen molar-refractivity contribution < 1.29 is 14.7 Å². The van der Waals surface area contributed by atoms with Crippen LogP contribution in [0.5, 0.6) is 0 Å². The molecule has 0 aromatic carbocycles. The van der Waals surface area contributed by atoms with Crippen LogP contribution in [0.2, 0.25) is 0 Å². The number of carbonyl (C=O) groups is 2. The summed E-state index contributed by atoms with van der Waals surface area (Å²) in [6.45, 7) is 17.4. The van der Waals surface area contributed by atoms with Gasteiger partial charge in [-0.2, -0.15) is 5.10 Å². The fourth-order valence-corrected chi connectivity index (χ4v) is 0.404. The molecule has 0 bridgehead atoms. The quantitative estimate of drug-likeness (QED) is 0.607. The Morgan fingerprint density at radius 1 is 1.10 bits per heavy atom. The molecule has 0 heterocycles. The SMILES string of the molecule is CC.CC(=O)NN=C(C)C.CC(C)C.CCCC(=O)O. The maximum Gasteiger partial charge on any atom is 0.303 e. The van der Waals surface area contributed by atoms with Crippen LogP contribution < -0.4 is 5.43 Å². The lowest BCUT2D eigenvalue weighted by atomic mass is 10.3. The monoisotopic (exact) mass is 290 g/mol. The van der Waals surface area contributed by atoms with Gasteiger partial charge >= 0.3 is 5.97 Å². The normalized spacial score (nSPS) is 7.70. The molecule has 0 aliphatic carbocycles. The van der Waals surface area contributed by atoms with Crippen LogP contribution >= 0.6 is 0 Å². The molecule has 0 atom stereocenters. The van der Waals surface area contributed by atoms with Crippen molar-refractivity contribution in [3.8, 4) is 0 Å². The molecule has 0 unspecified atom stereocenters. The molecule has 0 saturated carbocycles. The van der Waals surface area contributed by atoms with Gasteiger partial charge in [-0.05, 0) is 26.2 Å². The van der Waals surface area contributed by atoms with Crippen molar-refractivity contribution in [1.29, 1.82) is 0 Å². The highest BCUT2D eigenvalue weighted by Crippen LogP contribution is 1.82. The molecule has 0 spiro atoms. The van der Waals surface area contributed by atoms with Crippen molar-refractivity contribution in [2.45, 2.75) is 75.2 Å². The predicted molar refractivity (Wildman–Crippen MR) is 87.0 cm³/mol. The lowest BCUT2D eigenvalue weighted by Gasteiger charge is -1.90. The van der Waals surface area contributed by atoms with Crippen LogP contribution in [0, 0.1) is 5.92 Å². The first-order valence-electron chi connectivity index (χ1n) is 7.12. The summed E-state index contributed by atoms with van der Waals surface area (Å²) in [4.78, 5) is 19.7. The van der Waals surface area contributed by atoms with E-state index in [0.29, 0.717) is 6.42 Å². The van der Waals surface area contributed by atoms with Crippen LogP contribution in [0.15, 0.2) is 5.10 Å². The number of nitrogens with zero attached hydrogens (tertiary/aromatic N) is 1. The number of hydrazone groups is 1. The molecule has 0 aliphatic heterocycles. The first-order chi connectivity index (χ1) is 9.13. The Balaban J connectivity index is -0.0000000947. The molecule has 20 heavy (non-hydrogen) atoms. The first-order valence-corrected chi connectivity index (χ1v) is 7.12. The zero-order valence-corrected chi connectivity index (χ0v) is 14.7. The topological polar surface area (TPSA) is 78.8 Å². The minimum absolute atomic E-state index is 0.133. The van der Waals surface area contributed by atoms with Crippen LogP contribution in [0.25, 0.3) is 0 Å². The van der Waals surface area contributed by atoms with Gasteiger partial charge in [-0.1, -0.05) is 41.5 Å². The number of hydrogen-bond donors (Lipinski definition) is 2. The van der Waals surface area contributed by atoms with Crippen molar-refractivity contribution in [3.05, 3.63) is 0 Å². The maximum absolute atomic E-state index is 10.1. The Morgan fingerprint density at radius 2 is 1.45 bits per heavy atom. The molecule has 122 valence electrons. The molecular weight excluding hydrogens is 256 g/mol. The average molecular weight is 290 g/mol. The lowest BCUT2D eigenvalue weighted by molar-refractivity contribution is -0.137. The van der Waals surface area contributed by atoms with Gasteiger partial charge in [0.1, 0.15) is 0 Å². The summed E-state index contributed by atoms with van der Waals surface area (Å²) in [5.41, 5.74) is 3.14. The van der Waals surface area contributed by atoms with Crippen LogP contribution in [-0.2, 0) is 9.59 Å². The van der Waals surface area contributed by atoms with Crippen LogP contribution in [-0.4, -0.2) is 22.7 Å². The molecule has 5 heteroatoms. The third kappa shape index (κ3) is 92.6. The number of carboxylic acids is 1. The Kier molecular flexibility index (Phi) is 30.8. The zero-order valence-electron chi connectivity index (χ0n) is 14.7. The van der Waals surface area contributed by atoms with E-state index in [0.717, 1.165) is 18.1 Å². The molecule has 0 aliphatic rings. The van der Waals surface area contributed by atoms with Gasteiger partial charge in [0.05, 0.1) is 0 Å². The molecule has 0 aromatic heterocycles. The summed E-state index contributed by atoms with van der Waals surface area (Å²) in [6, 6.07) is 0. The van der Waals surface area contributed by atoms with Crippen LogP contribution in [0.4, 0.5) is 0 Å². The van der Waals surface area contributed by atoms with E-state index in [1.54, 1.807) is 0 Å². The van der Waals surface area contributed by atoms with Crippen molar-refractivity contribution >= 4 is 17.6 Å². The number of carbonyl (C=O) groups excluding carboxylic acids is 1. The Labute approximate surface area is 124 Å². The van der Waals surface area contributed by atoms with E-state index in [1.165, 1.54) is 6.92 Å². The molecule has 0 fully saturated rings. The summed E-state index contributed by atoms with van der Waals surface area (Å²) in [5.74, 6) is -0.0105. The van der Waals surface area contributed by atoms with Gasteiger partial charge in [-0.3, -0.25) is 9.59 Å². The maximum atomic E-state index is 10.1. The molecule has 0 aromatic rings. The zero-order chi connectivity index (χ0) is 17.1. The molecule has 1 amide bonds. The summed E-state index contributed by atoms with van der Waals surface area (Å²) < 4.78 is 0. The third-order valence-electron chi connectivity index (χ3n) is 0.901. The van der Waals surface area contributed by atoms with Crippen molar-refractivity contribution in [3.63, 3.8) is 0 Å².